The number of hydrogen-bond acceptors (Lipinski definition) is 3. The lowest BCUT2D eigenvalue weighted by Gasteiger charge is -2.21. The molecule has 0 spiro atoms. The van der Waals surface area contributed by atoms with E-state index < -0.39 is 0 Å². The molecule has 0 aliphatic rings. The number of rotatable bonds is 8. The van der Waals surface area contributed by atoms with Crippen LogP contribution in [0.2, 0.25) is 0 Å². The van der Waals surface area contributed by atoms with Crippen LogP contribution in [0.3, 0.4) is 0 Å². The highest BCUT2D eigenvalue weighted by molar-refractivity contribution is 7.09. The third kappa shape index (κ3) is 4.65. The number of nitrogens with one attached hydrogen (secondary N) is 1. The van der Waals surface area contributed by atoms with Gasteiger partial charge >= 0.3 is 0 Å². The molecule has 3 heteroatoms. The second kappa shape index (κ2) is 8.30. The molecule has 0 fully saturated rings. The van der Waals surface area contributed by atoms with E-state index in [1.165, 1.54) is 35.4 Å². The van der Waals surface area contributed by atoms with Gasteiger partial charge in [-0.05, 0) is 37.3 Å². The van der Waals surface area contributed by atoms with Crippen molar-refractivity contribution in [1.29, 1.82) is 0 Å². The molecular formula is C18H26N2S. The minimum absolute atomic E-state index is 0.346. The minimum atomic E-state index is 0.346. The van der Waals surface area contributed by atoms with Gasteiger partial charge in [-0.15, -0.1) is 11.3 Å². The molecule has 2 rings (SSSR count). The Hall–Kier alpha value is -1.19. The van der Waals surface area contributed by atoms with Crippen molar-refractivity contribution in [3.63, 3.8) is 0 Å². The Bertz CT molecular complexity index is 505. The van der Waals surface area contributed by atoms with Gasteiger partial charge in [0.25, 0.3) is 0 Å². The van der Waals surface area contributed by atoms with E-state index in [1.807, 2.05) is 11.6 Å². The first-order chi connectivity index (χ1) is 10.2. The highest BCUT2D eigenvalue weighted by Crippen LogP contribution is 2.24. The van der Waals surface area contributed by atoms with Crippen molar-refractivity contribution in [1.82, 2.24) is 10.3 Å². The molecule has 2 atom stereocenters. The molecule has 0 aliphatic carbocycles. The average Bonchev–Trinajstić information content (AvgIpc) is 3.05. The maximum atomic E-state index is 4.44. The summed E-state index contributed by atoms with van der Waals surface area (Å²) >= 11 is 1.73. The summed E-state index contributed by atoms with van der Waals surface area (Å²) in [5, 5.41) is 6.93. The van der Waals surface area contributed by atoms with Gasteiger partial charge in [0.1, 0.15) is 5.01 Å². The van der Waals surface area contributed by atoms with Gasteiger partial charge in [-0.2, -0.15) is 0 Å². The van der Waals surface area contributed by atoms with Crippen LogP contribution in [0.5, 0.6) is 0 Å². The molecule has 0 amide bonds. The van der Waals surface area contributed by atoms with Crippen LogP contribution in [0.15, 0.2) is 35.8 Å². The molecule has 2 nitrogen and oxygen atoms in total. The number of nitrogens with zero attached hydrogens (tertiary/aromatic N) is 1. The van der Waals surface area contributed by atoms with Gasteiger partial charge in [0.15, 0.2) is 0 Å². The van der Waals surface area contributed by atoms with E-state index in [0.29, 0.717) is 12.1 Å². The summed E-state index contributed by atoms with van der Waals surface area (Å²) in [6.45, 7) is 6.68. The number of hydrogen-bond donors (Lipinski definition) is 1. The van der Waals surface area contributed by atoms with Crippen molar-refractivity contribution in [2.24, 2.45) is 0 Å². The molecule has 0 radical (unpaired) electrons. The van der Waals surface area contributed by atoms with E-state index in [-0.39, 0.29) is 0 Å². The first-order valence-electron chi connectivity index (χ1n) is 7.98. The quantitative estimate of drug-likeness (QED) is 0.717. The summed E-state index contributed by atoms with van der Waals surface area (Å²) in [5.41, 5.74) is 2.80. The lowest BCUT2D eigenvalue weighted by atomic mass is 10.0. The second-order valence-corrected chi connectivity index (χ2v) is 6.49. The van der Waals surface area contributed by atoms with E-state index >= 15 is 0 Å². The van der Waals surface area contributed by atoms with E-state index in [2.05, 4.69) is 55.3 Å². The Balaban J connectivity index is 1.97. The van der Waals surface area contributed by atoms with Gasteiger partial charge in [-0.1, -0.05) is 44.5 Å². The van der Waals surface area contributed by atoms with Crippen LogP contribution in [0.1, 0.15) is 68.3 Å². The Kier molecular flexibility index (Phi) is 6.40. The lowest BCUT2D eigenvalue weighted by molar-refractivity contribution is 0.455. The molecule has 21 heavy (non-hydrogen) atoms. The fourth-order valence-electron chi connectivity index (χ4n) is 2.52. The van der Waals surface area contributed by atoms with Crippen molar-refractivity contribution in [2.45, 2.75) is 58.5 Å². The zero-order valence-corrected chi connectivity index (χ0v) is 14.1. The van der Waals surface area contributed by atoms with E-state index in [4.69, 9.17) is 0 Å². The van der Waals surface area contributed by atoms with Gasteiger partial charge in [-0.25, -0.2) is 4.98 Å². The van der Waals surface area contributed by atoms with E-state index in [9.17, 15) is 0 Å². The zero-order valence-electron chi connectivity index (χ0n) is 13.3. The van der Waals surface area contributed by atoms with E-state index in [1.54, 1.807) is 11.3 Å². The highest BCUT2D eigenvalue weighted by Gasteiger charge is 2.15. The fourth-order valence-corrected chi connectivity index (χ4v) is 3.30. The van der Waals surface area contributed by atoms with Crippen molar-refractivity contribution in [3.8, 4) is 0 Å². The molecule has 2 aromatic rings. The Morgan fingerprint density at radius 1 is 1.19 bits per heavy atom. The third-order valence-electron chi connectivity index (χ3n) is 3.91. The van der Waals surface area contributed by atoms with Gasteiger partial charge in [0, 0.05) is 17.6 Å². The van der Waals surface area contributed by atoms with Crippen LogP contribution >= 0.6 is 11.3 Å². The Morgan fingerprint density at radius 2 is 1.95 bits per heavy atom. The SMILES string of the molecule is CCCCc1ccc(C(C)NC(CC)c2nccs2)cc1. The van der Waals surface area contributed by atoms with Crippen molar-refractivity contribution in [3.05, 3.63) is 52.0 Å². The molecular weight excluding hydrogens is 276 g/mol. The highest BCUT2D eigenvalue weighted by atomic mass is 32.1. The van der Waals surface area contributed by atoms with Crippen LogP contribution in [-0.2, 0) is 6.42 Å². The standard InChI is InChI=1S/C18H26N2S/c1-4-6-7-15-8-10-16(11-9-15)14(3)20-17(5-2)18-19-12-13-21-18/h8-14,17,20H,4-7H2,1-3H3. The molecule has 0 saturated carbocycles. The predicted octanol–water partition coefficient (Wildman–Crippen LogP) is 5.29. The summed E-state index contributed by atoms with van der Waals surface area (Å²) in [6, 6.07) is 9.76. The van der Waals surface area contributed by atoms with Crippen LogP contribution in [0.25, 0.3) is 0 Å². The van der Waals surface area contributed by atoms with Gasteiger partial charge in [0.2, 0.25) is 0 Å². The topological polar surface area (TPSA) is 24.9 Å². The Labute approximate surface area is 132 Å². The normalized spacial score (nSPS) is 14.0. The number of aromatic nitrogens is 1. The second-order valence-electron chi connectivity index (χ2n) is 5.56. The van der Waals surface area contributed by atoms with Gasteiger partial charge in [0.05, 0.1) is 6.04 Å². The summed E-state index contributed by atoms with van der Waals surface area (Å²) in [4.78, 5) is 4.44. The number of aryl methyl sites for hydroxylation is 1. The van der Waals surface area contributed by atoms with Crippen LogP contribution < -0.4 is 5.32 Å². The molecule has 2 unspecified atom stereocenters. The average molecular weight is 302 g/mol. The smallest absolute Gasteiger partial charge is 0.109 e. The lowest BCUT2D eigenvalue weighted by Crippen LogP contribution is -2.24. The van der Waals surface area contributed by atoms with E-state index in [0.717, 1.165) is 6.42 Å². The summed E-state index contributed by atoms with van der Waals surface area (Å²) in [6.07, 6.45) is 6.67. The van der Waals surface area contributed by atoms with Crippen LogP contribution in [0, 0.1) is 0 Å². The number of benzene rings is 1. The number of unbranched alkanes of at least 4 members (excludes halogenated alkanes) is 1. The number of thiazole rings is 1. The molecule has 1 N–H and O–H groups in total. The Morgan fingerprint density at radius 3 is 2.52 bits per heavy atom. The molecule has 0 aliphatic heterocycles. The monoisotopic (exact) mass is 302 g/mol. The molecule has 1 aromatic heterocycles. The predicted molar refractivity (Wildman–Crippen MR) is 91.8 cm³/mol. The zero-order chi connectivity index (χ0) is 15.1. The van der Waals surface area contributed by atoms with Crippen molar-refractivity contribution in [2.75, 3.05) is 0 Å². The maximum absolute atomic E-state index is 4.44. The van der Waals surface area contributed by atoms with Crippen molar-refractivity contribution >= 4 is 11.3 Å². The largest absolute Gasteiger partial charge is 0.301 e. The summed E-state index contributed by atoms with van der Waals surface area (Å²) < 4.78 is 0. The molecule has 1 heterocycles. The van der Waals surface area contributed by atoms with Gasteiger partial charge < -0.3 is 5.32 Å². The van der Waals surface area contributed by atoms with Gasteiger partial charge in [-0.3, -0.25) is 0 Å². The molecule has 0 saturated heterocycles. The maximum Gasteiger partial charge on any atom is 0.109 e. The summed E-state index contributed by atoms with van der Waals surface area (Å²) in [5.74, 6) is 0. The molecule has 114 valence electrons. The first kappa shape index (κ1) is 16.2. The molecule has 0 bridgehead atoms. The van der Waals surface area contributed by atoms with Crippen LogP contribution in [-0.4, -0.2) is 4.98 Å². The third-order valence-corrected chi connectivity index (χ3v) is 4.80. The van der Waals surface area contributed by atoms with Crippen LogP contribution in [0.4, 0.5) is 0 Å². The molecule has 1 aromatic carbocycles. The fraction of sp³-hybridized carbons (Fsp3) is 0.500. The summed E-state index contributed by atoms with van der Waals surface area (Å²) in [7, 11) is 0. The van der Waals surface area contributed by atoms with Crippen molar-refractivity contribution < 1.29 is 0 Å². The first-order valence-corrected chi connectivity index (χ1v) is 8.86. The minimum Gasteiger partial charge on any atom is -0.301 e.